The number of nitrogens with one attached hydrogen (secondary N) is 3. The summed E-state index contributed by atoms with van der Waals surface area (Å²) in [4.78, 5) is 20.2. The molecule has 32 heavy (non-hydrogen) atoms. The lowest BCUT2D eigenvalue weighted by atomic mass is 10.1. The van der Waals surface area contributed by atoms with Crippen molar-refractivity contribution in [3.8, 4) is 11.5 Å². The molecule has 0 spiro atoms. The van der Waals surface area contributed by atoms with E-state index in [1.165, 1.54) is 7.11 Å². The first-order chi connectivity index (χ1) is 15.2. The Kier molecular flexibility index (Phi) is 5.70. The summed E-state index contributed by atoms with van der Waals surface area (Å²) in [5.74, 6) is -0.0507. The number of carbonyl (C=O) groups excluding carboxylic acids is 1. The zero-order valence-electron chi connectivity index (χ0n) is 17.2. The molecule has 166 valence electrons. The van der Waals surface area contributed by atoms with Crippen molar-refractivity contribution in [1.82, 2.24) is 9.97 Å². The molecule has 0 saturated carbocycles. The number of benzene rings is 2. The van der Waals surface area contributed by atoms with Crippen LogP contribution in [0.1, 0.15) is 13.8 Å². The number of methoxy groups -OCH3 is 1. The molecule has 0 radical (unpaired) electrons. The highest BCUT2D eigenvalue weighted by atomic mass is 35.5. The summed E-state index contributed by atoms with van der Waals surface area (Å²) in [5, 5.41) is 9.17. The van der Waals surface area contributed by atoms with E-state index in [2.05, 4.69) is 25.9 Å². The highest BCUT2D eigenvalue weighted by Gasteiger charge is 2.35. The van der Waals surface area contributed by atoms with Gasteiger partial charge in [0.1, 0.15) is 5.75 Å². The first kappa shape index (κ1) is 21.9. The van der Waals surface area contributed by atoms with E-state index in [1.54, 1.807) is 44.2 Å². The van der Waals surface area contributed by atoms with Gasteiger partial charge < -0.3 is 25.4 Å². The van der Waals surface area contributed by atoms with E-state index in [-0.39, 0.29) is 17.7 Å². The fourth-order valence-corrected chi connectivity index (χ4v) is 3.64. The molecule has 1 aliphatic heterocycles. The number of anilines is 5. The minimum Gasteiger partial charge on any atom is -0.494 e. The summed E-state index contributed by atoms with van der Waals surface area (Å²) in [6.07, 6.45) is 1.02. The van der Waals surface area contributed by atoms with Crippen molar-refractivity contribution in [2.75, 3.05) is 23.1 Å². The molecule has 2 aromatic carbocycles. The number of hydrogen-bond acceptors (Lipinski definition) is 7. The molecule has 8 nitrogen and oxygen atoms in total. The molecule has 0 atom stereocenters. The third-order valence-electron chi connectivity index (χ3n) is 4.61. The third-order valence-corrected chi connectivity index (χ3v) is 5.17. The lowest BCUT2D eigenvalue weighted by molar-refractivity contribution is -0.129. The molecule has 4 rings (SSSR count). The fraction of sp³-hybridized carbons (Fsp3) is 0.190. The van der Waals surface area contributed by atoms with E-state index in [9.17, 15) is 9.18 Å². The normalized spacial score (nSPS) is 14.1. The van der Waals surface area contributed by atoms with Gasteiger partial charge in [0.2, 0.25) is 5.95 Å². The summed E-state index contributed by atoms with van der Waals surface area (Å²) in [6.45, 7) is 3.34. The molecular weight excluding hydrogens is 460 g/mol. The number of carbonyl (C=O) groups is 1. The van der Waals surface area contributed by atoms with Crippen molar-refractivity contribution in [2.24, 2.45) is 0 Å². The Bertz CT molecular complexity index is 1200. The average Bonchev–Trinajstić information content (AvgIpc) is 2.71. The lowest BCUT2D eigenvalue weighted by Gasteiger charge is -2.31. The first-order valence-electron chi connectivity index (χ1n) is 9.40. The van der Waals surface area contributed by atoms with Crippen molar-refractivity contribution in [2.45, 2.75) is 19.4 Å². The van der Waals surface area contributed by atoms with Crippen LogP contribution in [0.5, 0.6) is 11.5 Å². The van der Waals surface area contributed by atoms with Gasteiger partial charge in [0.15, 0.2) is 23.0 Å². The molecule has 0 saturated heterocycles. The number of nitrogens with zero attached hydrogens (tertiary/aromatic N) is 2. The van der Waals surface area contributed by atoms with Crippen LogP contribution in [0.15, 0.2) is 36.5 Å². The van der Waals surface area contributed by atoms with Crippen molar-refractivity contribution >= 4 is 57.9 Å². The molecule has 3 aromatic rings. The number of rotatable bonds is 5. The van der Waals surface area contributed by atoms with Gasteiger partial charge in [-0.25, -0.2) is 9.37 Å². The van der Waals surface area contributed by atoms with Crippen LogP contribution in [0.3, 0.4) is 0 Å². The third kappa shape index (κ3) is 4.35. The molecular formula is C21H18Cl2FN5O3. The monoisotopic (exact) mass is 477 g/mol. The molecule has 2 heterocycles. The molecule has 0 fully saturated rings. The topological polar surface area (TPSA) is 97.4 Å². The predicted molar refractivity (Wildman–Crippen MR) is 121 cm³/mol. The number of amides is 1. The maximum Gasteiger partial charge on any atom is 0.268 e. The highest BCUT2D eigenvalue weighted by molar-refractivity contribution is 6.37. The van der Waals surface area contributed by atoms with E-state index >= 15 is 0 Å². The van der Waals surface area contributed by atoms with E-state index in [0.29, 0.717) is 38.6 Å². The van der Waals surface area contributed by atoms with Crippen molar-refractivity contribution in [3.05, 3.63) is 52.4 Å². The Morgan fingerprint density at radius 2 is 1.84 bits per heavy atom. The van der Waals surface area contributed by atoms with E-state index < -0.39 is 11.4 Å². The number of halogens is 3. The predicted octanol–water partition coefficient (Wildman–Crippen LogP) is 5.53. The summed E-state index contributed by atoms with van der Waals surface area (Å²) in [6, 6.07) is 8.15. The minimum absolute atomic E-state index is 0.0726. The molecule has 0 bridgehead atoms. The second kappa shape index (κ2) is 8.33. The highest BCUT2D eigenvalue weighted by Crippen LogP contribution is 2.37. The second-order valence-corrected chi connectivity index (χ2v) is 8.21. The van der Waals surface area contributed by atoms with Crippen LogP contribution in [-0.2, 0) is 4.79 Å². The van der Waals surface area contributed by atoms with Crippen LogP contribution < -0.4 is 25.4 Å². The number of hydrogen-bond donors (Lipinski definition) is 3. The van der Waals surface area contributed by atoms with Gasteiger partial charge >= 0.3 is 0 Å². The van der Waals surface area contributed by atoms with Gasteiger partial charge in [0.25, 0.3) is 5.91 Å². The maximum atomic E-state index is 14.4. The Labute approximate surface area is 193 Å². The van der Waals surface area contributed by atoms with E-state index in [4.69, 9.17) is 32.7 Å². The molecule has 0 aliphatic carbocycles. The Morgan fingerprint density at radius 1 is 1.12 bits per heavy atom. The number of aromatic nitrogens is 2. The van der Waals surface area contributed by atoms with Crippen LogP contribution in [0, 0.1) is 5.82 Å². The van der Waals surface area contributed by atoms with Gasteiger partial charge in [-0.2, -0.15) is 4.98 Å². The zero-order valence-corrected chi connectivity index (χ0v) is 18.7. The van der Waals surface area contributed by atoms with Gasteiger partial charge in [-0.15, -0.1) is 0 Å². The van der Waals surface area contributed by atoms with Crippen LogP contribution in [0.2, 0.25) is 10.0 Å². The van der Waals surface area contributed by atoms with E-state index in [1.807, 2.05) is 0 Å². The first-order valence-corrected chi connectivity index (χ1v) is 10.2. The molecule has 1 amide bonds. The summed E-state index contributed by atoms with van der Waals surface area (Å²) in [5.41, 5.74) is 0.477. The van der Waals surface area contributed by atoms with Crippen LogP contribution in [-0.4, -0.2) is 28.6 Å². The van der Waals surface area contributed by atoms with Gasteiger partial charge in [-0.3, -0.25) is 4.79 Å². The number of fused-ring (bicyclic) bond motifs is 1. The van der Waals surface area contributed by atoms with Gasteiger partial charge in [-0.05, 0) is 44.2 Å². The summed E-state index contributed by atoms with van der Waals surface area (Å²) >= 11 is 12.3. The van der Waals surface area contributed by atoms with Gasteiger partial charge in [0.05, 0.1) is 29.0 Å². The molecule has 3 N–H and O–H groups in total. The van der Waals surface area contributed by atoms with E-state index in [0.717, 1.165) is 6.20 Å². The lowest BCUT2D eigenvalue weighted by Crippen LogP contribution is -2.45. The van der Waals surface area contributed by atoms with Gasteiger partial charge in [-0.1, -0.05) is 23.2 Å². The molecule has 0 unspecified atom stereocenters. The average molecular weight is 478 g/mol. The maximum absolute atomic E-state index is 14.4. The van der Waals surface area contributed by atoms with Gasteiger partial charge in [0, 0.05) is 11.4 Å². The molecule has 1 aliphatic rings. The van der Waals surface area contributed by atoms with Crippen molar-refractivity contribution in [1.29, 1.82) is 0 Å². The standard InChI is InChI=1S/C21H18Cl2FN5O3/c1-21(2)19(30)28-15-8-10(4-5-16(15)32-21)26-18-14(24)9-25-20(29-18)27-11-6-12(22)17(31-3)13(23)7-11/h4-9H,1-3H3,(H,28,30)(H2,25,26,27,29). The Balaban J connectivity index is 1.57. The smallest absolute Gasteiger partial charge is 0.268 e. The minimum atomic E-state index is -0.978. The Morgan fingerprint density at radius 3 is 2.53 bits per heavy atom. The summed E-state index contributed by atoms with van der Waals surface area (Å²) < 4.78 is 25.2. The van der Waals surface area contributed by atoms with Crippen LogP contribution in [0.4, 0.5) is 33.2 Å². The summed E-state index contributed by atoms with van der Waals surface area (Å²) in [7, 11) is 1.46. The second-order valence-electron chi connectivity index (χ2n) is 7.39. The van der Waals surface area contributed by atoms with Crippen LogP contribution in [0.25, 0.3) is 0 Å². The Hall–Kier alpha value is -3.30. The quantitative estimate of drug-likeness (QED) is 0.444. The van der Waals surface area contributed by atoms with Crippen molar-refractivity contribution < 1.29 is 18.7 Å². The molecule has 11 heteroatoms. The zero-order chi connectivity index (χ0) is 23.0. The number of ether oxygens (including phenoxy) is 2. The largest absolute Gasteiger partial charge is 0.494 e. The van der Waals surface area contributed by atoms with Crippen molar-refractivity contribution in [3.63, 3.8) is 0 Å². The fourth-order valence-electron chi connectivity index (χ4n) is 3.00. The van der Waals surface area contributed by atoms with Crippen LogP contribution >= 0.6 is 23.2 Å². The SMILES string of the molecule is COc1c(Cl)cc(Nc2ncc(F)c(Nc3ccc4c(c3)NC(=O)C(C)(C)O4)n2)cc1Cl. The molecule has 1 aromatic heterocycles.